The molecule has 31 heavy (non-hydrogen) atoms. The molecule has 0 fully saturated rings. The van der Waals surface area contributed by atoms with Crippen molar-refractivity contribution in [2.75, 3.05) is 30.2 Å². The maximum absolute atomic E-state index is 12.3. The molecule has 0 aliphatic heterocycles. The van der Waals surface area contributed by atoms with E-state index in [1.54, 1.807) is 54.6 Å². The quantitative estimate of drug-likeness (QED) is 0.381. The van der Waals surface area contributed by atoms with E-state index in [-0.39, 0.29) is 11.3 Å². The lowest BCUT2D eigenvalue weighted by molar-refractivity contribution is 0.102. The molecular formula is C22H20ClN3O4S. The van der Waals surface area contributed by atoms with E-state index < -0.39 is 5.91 Å². The van der Waals surface area contributed by atoms with Crippen LogP contribution in [0, 0.1) is 0 Å². The number of anilines is 3. The van der Waals surface area contributed by atoms with Gasteiger partial charge in [-0.25, -0.2) is 0 Å². The normalized spacial score (nSPS) is 10.2. The second kappa shape index (κ2) is 10.0. The lowest BCUT2D eigenvalue weighted by Crippen LogP contribution is -2.19. The number of thiocarbonyl (C=S) groups is 1. The lowest BCUT2D eigenvalue weighted by Gasteiger charge is -2.15. The number of rotatable bonds is 6. The molecule has 0 heterocycles. The van der Waals surface area contributed by atoms with Gasteiger partial charge in [-0.15, -0.1) is 0 Å². The average Bonchev–Trinajstić information content (AvgIpc) is 2.75. The fourth-order valence-electron chi connectivity index (χ4n) is 2.74. The molecule has 0 saturated heterocycles. The number of hydrogen-bond donors (Lipinski definition) is 4. The third kappa shape index (κ3) is 5.56. The summed E-state index contributed by atoms with van der Waals surface area (Å²) in [6.45, 7) is 0. The SMILES string of the molecule is COc1cc(OC)c(NC(=S)Nc2ccc(NC(=O)c3ccccc3O)cc2)cc1Cl. The molecule has 0 unspecified atom stereocenters. The molecule has 1 amide bonds. The van der Waals surface area contributed by atoms with Crippen molar-refractivity contribution in [1.29, 1.82) is 0 Å². The zero-order chi connectivity index (χ0) is 22.4. The number of ether oxygens (including phenoxy) is 2. The number of nitrogens with one attached hydrogen (secondary N) is 3. The Morgan fingerprint density at radius 1 is 0.903 bits per heavy atom. The highest BCUT2D eigenvalue weighted by Gasteiger charge is 2.12. The summed E-state index contributed by atoms with van der Waals surface area (Å²) in [5, 5.41) is 19.3. The number of benzene rings is 3. The van der Waals surface area contributed by atoms with E-state index in [1.165, 1.54) is 20.3 Å². The van der Waals surface area contributed by atoms with Crippen LogP contribution in [0.4, 0.5) is 17.1 Å². The number of hydrogen-bond acceptors (Lipinski definition) is 5. The minimum atomic E-state index is -0.403. The van der Waals surface area contributed by atoms with Gasteiger partial charge in [0.15, 0.2) is 5.11 Å². The van der Waals surface area contributed by atoms with Crippen molar-refractivity contribution in [3.8, 4) is 17.2 Å². The van der Waals surface area contributed by atoms with Crippen LogP contribution in [0.3, 0.4) is 0 Å². The van der Waals surface area contributed by atoms with Crippen molar-refractivity contribution in [3.05, 3.63) is 71.2 Å². The Labute approximate surface area is 189 Å². The predicted octanol–water partition coefficient (Wildman–Crippen LogP) is 5.12. The van der Waals surface area contributed by atoms with Crippen molar-refractivity contribution in [1.82, 2.24) is 0 Å². The molecule has 4 N–H and O–H groups in total. The number of halogens is 1. The Bertz CT molecular complexity index is 1110. The number of carbonyl (C=O) groups is 1. The Kier molecular flexibility index (Phi) is 7.17. The molecule has 3 aromatic carbocycles. The van der Waals surface area contributed by atoms with Gasteiger partial charge in [0.2, 0.25) is 0 Å². The molecule has 0 radical (unpaired) electrons. The van der Waals surface area contributed by atoms with Crippen LogP contribution < -0.4 is 25.4 Å². The van der Waals surface area contributed by atoms with E-state index in [0.29, 0.717) is 38.7 Å². The van der Waals surface area contributed by atoms with E-state index in [0.717, 1.165) is 0 Å². The molecule has 0 bridgehead atoms. The Hall–Kier alpha value is -3.49. The largest absolute Gasteiger partial charge is 0.507 e. The highest BCUT2D eigenvalue weighted by atomic mass is 35.5. The molecule has 0 aliphatic carbocycles. The van der Waals surface area contributed by atoms with Crippen LogP contribution >= 0.6 is 23.8 Å². The van der Waals surface area contributed by atoms with Crippen LogP contribution in [0.15, 0.2) is 60.7 Å². The van der Waals surface area contributed by atoms with Gasteiger partial charge in [0.1, 0.15) is 17.2 Å². The standard InChI is InChI=1S/C22H20ClN3O4S/c1-29-19-12-20(30-2)17(11-16(19)23)26-22(31)25-14-9-7-13(8-10-14)24-21(28)15-5-3-4-6-18(15)27/h3-12,27H,1-2H3,(H,24,28)(H2,25,26,31). The van der Waals surface area contributed by atoms with Crippen molar-refractivity contribution in [2.24, 2.45) is 0 Å². The van der Waals surface area contributed by atoms with Gasteiger partial charge in [0.05, 0.1) is 30.5 Å². The van der Waals surface area contributed by atoms with Crippen LogP contribution in [0.5, 0.6) is 17.2 Å². The maximum atomic E-state index is 12.3. The number of amides is 1. The second-order valence-corrected chi connectivity index (χ2v) is 7.13. The lowest BCUT2D eigenvalue weighted by atomic mass is 10.2. The highest BCUT2D eigenvalue weighted by Crippen LogP contribution is 2.36. The van der Waals surface area contributed by atoms with Crippen molar-refractivity contribution < 1.29 is 19.4 Å². The average molecular weight is 458 g/mol. The predicted molar refractivity (Wildman–Crippen MR) is 127 cm³/mol. The van der Waals surface area contributed by atoms with Crippen LogP contribution in [0.25, 0.3) is 0 Å². The van der Waals surface area contributed by atoms with Gasteiger partial charge in [0.25, 0.3) is 5.91 Å². The third-order valence-corrected chi connectivity index (χ3v) is 4.77. The van der Waals surface area contributed by atoms with Gasteiger partial charge in [-0.2, -0.15) is 0 Å². The van der Waals surface area contributed by atoms with E-state index in [2.05, 4.69) is 16.0 Å². The first-order chi connectivity index (χ1) is 14.9. The van der Waals surface area contributed by atoms with E-state index in [9.17, 15) is 9.90 Å². The Balaban J connectivity index is 1.63. The molecule has 7 nitrogen and oxygen atoms in total. The van der Waals surface area contributed by atoms with Gasteiger partial charge >= 0.3 is 0 Å². The summed E-state index contributed by atoms with van der Waals surface area (Å²) in [5.74, 6) is 0.528. The molecule has 3 rings (SSSR count). The fourth-order valence-corrected chi connectivity index (χ4v) is 3.21. The number of aromatic hydroxyl groups is 1. The van der Waals surface area contributed by atoms with E-state index in [1.807, 2.05) is 0 Å². The molecule has 0 aliphatic rings. The molecule has 0 atom stereocenters. The molecule has 0 spiro atoms. The van der Waals surface area contributed by atoms with Crippen LogP contribution in [0.1, 0.15) is 10.4 Å². The van der Waals surface area contributed by atoms with Gasteiger partial charge < -0.3 is 30.5 Å². The van der Waals surface area contributed by atoms with Crippen LogP contribution in [-0.4, -0.2) is 30.3 Å². The fraction of sp³-hybridized carbons (Fsp3) is 0.0909. The first kappa shape index (κ1) is 22.2. The van der Waals surface area contributed by atoms with Crippen molar-refractivity contribution >= 4 is 51.9 Å². The molecule has 9 heteroatoms. The minimum Gasteiger partial charge on any atom is -0.507 e. The molecular weight excluding hydrogens is 438 g/mol. The number of phenolic OH excluding ortho intramolecular Hbond substituents is 1. The summed E-state index contributed by atoms with van der Waals surface area (Å²) in [6.07, 6.45) is 0. The van der Waals surface area contributed by atoms with Crippen LogP contribution in [-0.2, 0) is 0 Å². The first-order valence-electron chi connectivity index (χ1n) is 9.10. The van der Waals surface area contributed by atoms with Crippen molar-refractivity contribution in [2.45, 2.75) is 0 Å². The number of para-hydroxylation sites is 1. The smallest absolute Gasteiger partial charge is 0.259 e. The van der Waals surface area contributed by atoms with Crippen molar-refractivity contribution in [3.63, 3.8) is 0 Å². The second-order valence-electron chi connectivity index (χ2n) is 6.31. The molecule has 0 saturated carbocycles. The summed E-state index contributed by atoms with van der Waals surface area (Å²) in [6, 6.07) is 16.6. The maximum Gasteiger partial charge on any atom is 0.259 e. The molecule has 3 aromatic rings. The zero-order valence-electron chi connectivity index (χ0n) is 16.7. The zero-order valence-corrected chi connectivity index (χ0v) is 18.3. The minimum absolute atomic E-state index is 0.0798. The summed E-state index contributed by atoms with van der Waals surface area (Å²) in [5.41, 5.74) is 2.05. The molecule has 0 aromatic heterocycles. The Morgan fingerprint density at radius 3 is 2.13 bits per heavy atom. The summed E-state index contributed by atoms with van der Waals surface area (Å²) in [7, 11) is 3.06. The highest BCUT2D eigenvalue weighted by molar-refractivity contribution is 7.80. The number of phenols is 1. The van der Waals surface area contributed by atoms with Gasteiger partial charge in [0, 0.05) is 17.4 Å². The summed E-state index contributed by atoms with van der Waals surface area (Å²) >= 11 is 11.5. The van der Waals surface area contributed by atoms with E-state index >= 15 is 0 Å². The molecule has 160 valence electrons. The monoisotopic (exact) mass is 457 g/mol. The summed E-state index contributed by atoms with van der Waals surface area (Å²) in [4.78, 5) is 12.3. The number of methoxy groups -OCH3 is 2. The topological polar surface area (TPSA) is 91.9 Å². The van der Waals surface area contributed by atoms with Crippen LogP contribution in [0.2, 0.25) is 5.02 Å². The van der Waals surface area contributed by atoms with Gasteiger partial charge in [-0.1, -0.05) is 23.7 Å². The Morgan fingerprint density at radius 2 is 1.52 bits per heavy atom. The first-order valence-corrected chi connectivity index (χ1v) is 9.89. The third-order valence-electron chi connectivity index (χ3n) is 4.27. The van der Waals surface area contributed by atoms with Gasteiger partial charge in [-0.3, -0.25) is 4.79 Å². The number of carbonyl (C=O) groups excluding carboxylic acids is 1. The summed E-state index contributed by atoms with van der Waals surface area (Å²) < 4.78 is 10.5. The van der Waals surface area contributed by atoms with Gasteiger partial charge in [-0.05, 0) is 54.7 Å². The van der Waals surface area contributed by atoms with E-state index in [4.69, 9.17) is 33.3 Å².